The molecule has 0 radical (unpaired) electrons. The molecule has 0 amide bonds. The van der Waals surface area contributed by atoms with Gasteiger partial charge in [-0.2, -0.15) is 5.26 Å². The first kappa shape index (κ1) is 13.0. The van der Waals surface area contributed by atoms with E-state index in [9.17, 15) is 0 Å². The van der Waals surface area contributed by atoms with Crippen LogP contribution in [0, 0.1) is 16.7 Å². The quantitative estimate of drug-likeness (QED) is 0.640. The van der Waals surface area contributed by atoms with Gasteiger partial charge in [-0.05, 0) is 17.7 Å². The number of nitrogens with one attached hydrogen (secondary N) is 1. The molecule has 74 valence electrons. The number of nitriles is 1. The van der Waals surface area contributed by atoms with Gasteiger partial charge in [0.15, 0.2) is 5.17 Å². The molecule has 0 bridgehead atoms. The number of halogens is 1. The van der Waals surface area contributed by atoms with Crippen molar-refractivity contribution in [3.05, 3.63) is 35.4 Å². The number of benzene rings is 1. The predicted octanol–water partition coefficient (Wildman–Crippen LogP) is 2.26. The van der Waals surface area contributed by atoms with E-state index < -0.39 is 0 Å². The van der Waals surface area contributed by atoms with Gasteiger partial charge < -0.3 is 5.73 Å². The Hall–Kier alpha value is -0.990. The smallest absolute Gasteiger partial charge is 0.151 e. The van der Waals surface area contributed by atoms with Crippen LogP contribution in [0.4, 0.5) is 0 Å². The zero-order chi connectivity index (χ0) is 9.68. The number of hydrogen-bond acceptors (Lipinski definition) is 3. The Bertz CT molecular complexity index is 359. The summed E-state index contributed by atoms with van der Waals surface area (Å²) in [6.45, 7) is 0. The molecule has 0 aromatic heterocycles. The van der Waals surface area contributed by atoms with E-state index in [1.165, 1.54) is 11.8 Å². The standard InChI is InChI=1S/C9H9N3S.BrH/c10-5-7-2-1-3-8(4-7)6-13-9(11)12;/h1-4H,6H2,(H3,11,12);1H. The molecule has 0 fully saturated rings. The lowest BCUT2D eigenvalue weighted by Gasteiger charge is -1.99. The Labute approximate surface area is 97.6 Å². The van der Waals surface area contributed by atoms with Crippen LogP contribution in [-0.2, 0) is 5.75 Å². The summed E-state index contributed by atoms with van der Waals surface area (Å²) in [4.78, 5) is 0. The predicted molar refractivity (Wildman–Crippen MR) is 64.7 cm³/mol. The van der Waals surface area contributed by atoms with E-state index in [0.717, 1.165) is 5.56 Å². The highest BCUT2D eigenvalue weighted by atomic mass is 79.9. The normalized spacial score (nSPS) is 8.50. The summed E-state index contributed by atoms with van der Waals surface area (Å²) in [5, 5.41) is 15.7. The summed E-state index contributed by atoms with van der Waals surface area (Å²) in [6, 6.07) is 9.36. The molecule has 5 heteroatoms. The van der Waals surface area contributed by atoms with Gasteiger partial charge in [-0.25, -0.2) is 0 Å². The van der Waals surface area contributed by atoms with Gasteiger partial charge >= 0.3 is 0 Å². The molecule has 0 saturated carbocycles. The Kier molecular flexibility index (Phi) is 6.00. The summed E-state index contributed by atoms with van der Waals surface area (Å²) >= 11 is 1.26. The molecule has 3 nitrogen and oxygen atoms in total. The molecule has 0 aliphatic carbocycles. The molecule has 1 aromatic rings. The van der Waals surface area contributed by atoms with Gasteiger partial charge in [0, 0.05) is 5.75 Å². The van der Waals surface area contributed by atoms with Crippen LogP contribution < -0.4 is 5.73 Å². The molecule has 1 aromatic carbocycles. The minimum absolute atomic E-state index is 0. The third-order valence-corrected chi connectivity index (χ3v) is 2.24. The Morgan fingerprint density at radius 3 is 2.86 bits per heavy atom. The SMILES string of the molecule is Br.N#Cc1cccc(CSC(=N)N)c1. The number of thioether (sulfide) groups is 1. The minimum atomic E-state index is 0. The monoisotopic (exact) mass is 271 g/mol. The molecule has 0 atom stereocenters. The number of nitrogens with two attached hydrogens (primary N) is 1. The minimum Gasteiger partial charge on any atom is -0.379 e. The molecule has 0 unspecified atom stereocenters. The van der Waals surface area contributed by atoms with Gasteiger partial charge in [0.25, 0.3) is 0 Å². The van der Waals surface area contributed by atoms with Crippen molar-refractivity contribution in [1.82, 2.24) is 0 Å². The molecule has 0 aliphatic heterocycles. The van der Waals surface area contributed by atoms with Crippen molar-refractivity contribution >= 4 is 33.9 Å². The van der Waals surface area contributed by atoms with Crippen molar-refractivity contribution in [3.8, 4) is 6.07 Å². The fourth-order valence-electron chi connectivity index (χ4n) is 0.892. The molecule has 14 heavy (non-hydrogen) atoms. The summed E-state index contributed by atoms with van der Waals surface area (Å²) in [5.41, 5.74) is 6.85. The molecule has 3 N–H and O–H groups in total. The summed E-state index contributed by atoms with van der Waals surface area (Å²) in [7, 11) is 0. The number of nitrogens with zero attached hydrogens (tertiary/aromatic N) is 1. The van der Waals surface area contributed by atoms with Gasteiger partial charge in [0.1, 0.15) is 0 Å². The van der Waals surface area contributed by atoms with E-state index >= 15 is 0 Å². The third kappa shape index (κ3) is 4.30. The summed E-state index contributed by atoms with van der Waals surface area (Å²) < 4.78 is 0. The molecule has 0 aliphatic rings. The van der Waals surface area contributed by atoms with Gasteiger partial charge in [-0.3, -0.25) is 5.41 Å². The van der Waals surface area contributed by atoms with Crippen molar-refractivity contribution in [1.29, 1.82) is 10.7 Å². The second kappa shape index (κ2) is 6.46. The van der Waals surface area contributed by atoms with Gasteiger partial charge in [0.2, 0.25) is 0 Å². The van der Waals surface area contributed by atoms with Gasteiger partial charge in [0.05, 0.1) is 11.6 Å². The third-order valence-electron chi connectivity index (χ3n) is 1.45. The first-order valence-electron chi connectivity index (χ1n) is 3.68. The van der Waals surface area contributed by atoms with Gasteiger partial charge in [-0.15, -0.1) is 17.0 Å². The van der Waals surface area contributed by atoms with Crippen molar-refractivity contribution < 1.29 is 0 Å². The van der Waals surface area contributed by atoms with E-state index in [-0.39, 0.29) is 22.1 Å². The summed E-state index contributed by atoms with van der Waals surface area (Å²) in [5.74, 6) is 0.644. The molecule has 1 rings (SSSR count). The first-order valence-corrected chi connectivity index (χ1v) is 4.67. The molecular weight excluding hydrogens is 262 g/mol. The zero-order valence-corrected chi connectivity index (χ0v) is 9.89. The van der Waals surface area contributed by atoms with E-state index in [1.54, 1.807) is 12.1 Å². The average Bonchev–Trinajstić information content (AvgIpc) is 2.15. The second-order valence-electron chi connectivity index (χ2n) is 2.47. The van der Waals surface area contributed by atoms with Crippen LogP contribution in [0.3, 0.4) is 0 Å². The van der Waals surface area contributed by atoms with Crippen LogP contribution in [0.5, 0.6) is 0 Å². The molecule has 0 saturated heterocycles. The highest BCUT2D eigenvalue weighted by Crippen LogP contribution is 2.12. The van der Waals surface area contributed by atoms with Crippen LogP contribution in [-0.4, -0.2) is 5.17 Å². The number of hydrogen-bond donors (Lipinski definition) is 2. The summed E-state index contributed by atoms with van der Waals surface area (Å²) in [6.07, 6.45) is 0. The van der Waals surface area contributed by atoms with Crippen molar-refractivity contribution in [2.24, 2.45) is 5.73 Å². The molecular formula is C9H10BrN3S. The number of amidine groups is 1. The van der Waals surface area contributed by atoms with Crippen LogP contribution in [0.2, 0.25) is 0 Å². The maximum Gasteiger partial charge on any atom is 0.151 e. The van der Waals surface area contributed by atoms with E-state index in [0.29, 0.717) is 11.3 Å². The highest BCUT2D eigenvalue weighted by molar-refractivity contribution is 8.93. The molecule has 0 spiro atoms. The number of rotatable bonds is 2. The lowest BCUT2D eigenvalue weighted by Crippen LogP contribution is -2.03. The Balaban J connectivity index is 0.00000169. The average molecular weight is 272 g/mol. The fourth-order valence-corrected chi connectivity index (χ4v) is 1.39. The van der Waals surface area contributed by atoms with Crippen LogP contribution in [0.15, 0.2) is 24.3 Å². The first-order chi connectivity index (χ1) is 6.22. The maximum atomic E-state index is 8.62. The van der Waals surface area contributed by atoms with Crippen LogP contribution >= 0.6 is 28.7 Å². The largest absolute Gasteiger partial charge is 0.379 e. The zero-order valence-electron chi connectivity index (χ0n) is 7.36. The Morgan fingerprint density at radius 1 is 1.57 bits per heavy atom. The van der Waals surface area contributed by atoms with Crippen molar-refractivity contribution in [2.45, 2.75) is 5.75 Å². The fraction of sp³-hybridized carbons (Fsp3) is 0.111. The Morgan fingerprint density at radius 2 is 2.29 bits per heavy atom. The van der Waals surface area contributed by atoms with E-state index in [2.05, 4.69) is 6.07 Å². The second-order valence-corrected chi connectivity index (χ2v) is 3.48. The lowest BCUT2D eigenvalue weighted by atomic mass is 10.2. The highest BCUT2D eigenvalue weighted by Gasteiger charge is 1.96. The van der Waals surface area contributed by atoms with E-state index in [1.807, 2.05) is 12.1 Å². The van der Waals surface area contributed by atoms with Gasteiger partial charge in [-0.1, -0.05) is 23.9 Å². The topological polar surface area (TPSA) is 73.7 Å². The molecule has 0 heterocycles. The van der Waals surface area contributed by atoms with Crippen LogP contribution in [0.25, 0.3) is 0 Å². The maximum absolute atomic E-state index is 8.62. The van der Waals surface area contributed by atoms with Crippen molar-refractivity contribution in [3.63, 3.8) is 0 Å². The van der Waals surface area contributed by atoms with Crippen LogP contribution in [0.1, 0.15) is 11.1 Å². The van der Waals surface area contributed by atoms with E-state index in [4.69, 9.17) is 16.4 Å². The lowest BCUT2D eigenvalue weighted by molar-refractivity contribution is 1.39. The van der Waals surface area contributed by atoms with Crippen molar-refractivity contribution in [2.75, 3.05) is 0 Å².